The predicted octanol–water partition coefficient (Wildman–Crippen LogP) is 3.33. The third kappa shape index (κ3) is 3.32. The topological polar surface area (TPSA) is 72.2 Å². The Hall–Kier alpha value is -1.08. The molecule has 1 aromatic carbocycles. The highest BCUT2D eigenvalue weighted by Crippen LogP contribution is 2.26. The van der Waals surface area contributed by atoms with Crippen molar-refractivity contribution < 1.29 is 8.42 Å². The molecular formula is C13H15ClN2O2S2. The van der Waals surface area contributed by atoms with Crippen LogP contribution < -0.4 is 10.5 Å². The average molecular weight is 331 g/mol. The van der Waals surface area contributed by atoms with Crippen LogP contribution >= 0.6 is 22.9 Å². The maximum absolute atomic E-state index is 12.3. The Morgan fingerprint density at radius 1 is 1.30 bits per heavy atom. The van der Waals surface area contributed by atoms with E-state index in [1.54, 1.807) is 18.3 Å². The van der Waals surface area contributed by atoms with Crippen LogP contribution in [0.2, 0.25) is 5.02 Å². The molecule has 2 rings (SSSR count). The zero-order chi connectivity index (χ0) is 14.9. The van der Waals surface area contributed by atoms with Crippen molar-refractivity contribution in [2.75, 3.05) is 5.73 Å². The first-order valence-electron chi connectivity index (χ1n) is 5.93. The minimum absolute atomic E-state index is 0.0435. The van der Waals surface area contributed by atoms with E-state index >= 15 is 0 Å². The van der Waals surface area contributed by atoms with E-state index in [1.165, 1.54) is 18.2 Å². The summed E-state index contributed by atoms with van der Waals surface area (Å²) < 4.78 is 27.3. The zero-order valence-corrected chi connectivity index (χ0v) is 13.4. The first-order valence-corrected chi connectivity index (χ1v) is 8.61. The van der Waals surface area contributed by atoms with Gasteiger partial charge in [0, 0.05) is 14.8 Å². The molecule has 0 saturated heterocycles. The van der Waals surface area contributed by atoms with Crippen LogP contribution in [0.15, 0.2) is 35.2 Å². The monoisotopic (exact) mass is 330 g/mol. The van der Waals surface area contributed by atoms with Crippen LogP contribution in [-0.4, -0.2) is 8.42 Å². The van der Waals surface area contributed by atoms with E-state index in [0.717, 1.165) is 9.75 Å². The van der Waals surface area contributed by atoms with E-state index in [-0.39, 0.29) is 16.6 Å². The Morgan fingerprint density at radius 2 is 2.00 bits per heavy atom. The van der Waals surface area contributed by atoms with Crippen LogP contribution in [0.5, 0.6) is 0 Å². The van der Waals surface area contributed by atoms with Crippen molar-refractivity contribution in [2.24, 2.45) is 0 Å². The lowest BCUT2D eigenvalue weighted by Crippen LogP contribution is -2.27. The maximum atomic E-state index is 12.3. The number of thiophene rings is 1. The summed E-state index contributed by atoms with van der Waals surface area (Å²) in [5, 5.41) is 0.406. The molecule has 1 heterocycles. The SMILES string of the molecule is Cc1ccc(C(C)NS(=O)(=O)c2ccc(Cl)cc2N)s1. The van der Waals surface area contributed by atoms with Crippen LogP contribution in [0.1, 0.15) is 22.7 Å². The van der Waals surface area contributed by atoms with Crippen molar-refractivity contribution in [1.82, 2.24) is 4.72 Å². The van der Waals surface area contributed by atoms with Crippen molar-refractivity contribution in [3.63, 3.8) is 0 Å². The Bertz CT molecular complexity index is 726. The molecule has 3 N–H and O–H groups in total. The first kappa shape index (κ1) is 15.3. The van der Waals surface area contributed by atoms with Gasteiger partial charge in [0.1, 0.15) is 4.90 Å². The summed E-state index contributed by atoms with van der Waals surface area (Å²) in [6, 6.07) is 7.91. The molecule has 0 amide bonds. The Kier molecular flexibility index (Phi) is 4.39. The molecule has 0 bridgehead atoms. The molecule has 0 fully saturated rings. The Balaban J connectivity index is 2.27. The molecule has 4 nitrogen and oxygen atoms in total. The summed E-state index contributed by atoms with van der Waals surface area (Å²) in [4.78, 5) is 2.14. The fourth-order valence-electron chi connectivity index (χ4n) is 1.80. The fraction of sp³-hybridized carbons (Fsp3) is 0.231. The molecule has 108 valence electrons. The summed E-state index contributed by atoms with van der Waals surface area (Å²) in [6.45, 7) is 3.78. The molecule has 7 heteroatoms. The lowest BCUT2D eigenvalue weighted by atomic mass is 10.3. The van der Waals surface area contributed by atoms with Crippen LogP contribution in [-0.2, 0) is 10.0 Å². The van der Waals surface area contributed by atoms with Gasteiger partial charge in [0.25, 0.3) is 0 Å². The van der Waals surface area contributed by atoms with Gasteiger partial charge in [0.2, 0.25) is 10.0 Å². The molecule has 0 spiro atoms. The summed E-state index contributed by atoms with van der Waals surface area (Å²) in [6.07, 6.45) is 0. The average Bonchev–Trinajstić information content (AvgIpc) is 2.74. The van der Waals surface area contributed by atoms with Crippen molar-refractivity contribution in [2.45, 2.75) is 24.8 Å². The normalized spacial score (nSPS) is 13.3. The van der Waals surface area contributed by atoms with Crippen LogP contribution in [0, 0.1) is 6.92 Å². The smallest absolute Gasteiger partial charge is 0.243 e. The number of nitrogens with one attached hydrogen (secondary N) is 1. The number of nitrogens with two attached hydrogens (primary N) is 1. The van der Waals surface area contributed by atoms with Gasteiger partial charge in [-0.2, -0.15) is 0 Å². The number of rotatable bonds is 4. The Morgan fingerprint density at radius 3 is 2.55 bits per heavy atom. The fourth-order valence-corrected chi connectivity index (χ4v) is 4.28. The Labute approximate surface area is 127 Å². The van der Waals surface area contributed by atoms with Gasteiger partial charge in [-0.15, -0.1) is 11.3 Å². The first-order chi connectivity index (χ1) is 9.29. The lowest BCUT2D eigenvalue weighted by molar-refractivity contribution is 0.569. The highest BCUT2D eigenvalue weighted by atomic mass is 35.5. The van der Waals surface area contributed by atoms with Gasteiger partial charge in [-0.3, -0.25) is 0 Å². The minimum atomic E-state index is -3.67. The minimum Gasteiger partial charge on any atom is -0.398 e. The molecule has 1 atom stereocenters. The molecule has 0 aliphatic heterocycles. The number of sulfonamides is 1. The molecule has 20 heavy (non-hydrogen) atoms. The summed E-state index contributed by atoms with van der Waals surface area (Å²) in [5.41, 5.74) is 5.86. The van der Waals surface area contributed by atoms with Crippen LogP contribution in [0.3, 0.4) is 0 Å². The van der Waals surface area contributed by atoms with Gasteiger partial charge in [0.15, 0.2) is 0 Å². The number of nitrogen functional groups attached to an aromatic ring is 1. The maximum Gasteiger partial charge on any atom is 0.243 e. The third-order valence-corrected chi connectivity index (χ3v) is 5.81. The van der Waals surface area contributed by atoms with E-state index < -0.39 is 10.0 Å². The number of anilines is 1. The number of hydrogen-bond acceptors (Lipinski definition) is 4. The molecule has 0 aliphatic rings. The van der Waals surface area contributed by atoms with Crippen LogP contribution in [0.25, 0.3) is 0 Å². The second kappa shape index (κ2) is 5.73. The summed E-state index contributed by atoms with van der Waals surface area (Å²) in [7, 11) is -3.67. The van der Waals surface area contributed by atoms with E-state index in [9.17, 15) is 8.42 Å². The number of halogens is 1. The van der Waals surface area contributed by atoms with Gasteiger partial charge in [0.05, 0.1) is 11.7 Å². The molecule has 0 aliphatic carbocycles. The highest BCUT2D eigenvalue weighted by Gasteiger charge is 2.21. The molecule has 1 aromatic heterocycles. The zero-order valence-electron chi connectivity index (χ0n) is 11.1. The molecule has 0 saturated carbocycles. The van der Waals surface area contributed by atoms with Gasteiger partial charge in [-0.25, -0.2) is 13.1 Å². The van der Waals surface area contributed by atoms with Crippen molar-refractivity contribution in [3.05, 3.63) is 45.1 Å². The largest absolute Gasteiger partial charge is 0.398 e. The van der Waals surface area contributed by atoms with Crippen molar-refractivity contribution in [1.29, 1.82) is 0 Å². The molecular weight excluding hydrogens is 316 g/mol. The molecule has 1 unspecified atom stereocenters. The van der Waals surface area contributed by atoms with Crippen LogP contribution in [0.4, 0.5) is 5.69 Å². The van der Waals surface area contributed by atoms with E-state index in [1.807, 2.05) is 19.1 Å². The highest BCUT2D eigenvalue weighted by molar-refractivity contribution is 7.89. The summed E-state index contributed by atoms with van der Waals surface area (Å²) >= 11 is 7.34. The van der Waals surface area contributed by atoms with E-state index in [0.29, 0.717) is 5.02 Å². The number of aryl methyl sites for hydroxylation is 1. The molecule has 0 radical (unpaired) electrons. The van der Waals surface area contributed by atoms with Gasteiger partial charge in [-0.05, 0) is 44.2 Å². The standard InChI is InChI=1S/C13H15ClN2O2S2/c1-8-3-5-12(19-8)9(2)16-20(17,18)13-6-4-10(14)7-11(13)15/h3-7,9,16H,15H2,1-2H3. The quantitative estimate of drug-likeness (QED) is 0.844. The second-order valence-electron chi connectivity index (χ2n) is 4.47. The van der Waals surface area contributed by atoms with Crippen molar-refractivity contribution >= 4 is 38.6 Å². The van der Waals surface area contributed by atoms with E-state index in [4.69, 9.17) is 17.3 Å². The van der Waals surface area contributed by atoms with E-state index in [2.05, 4.69) is 4.72 Å². The summed E-state index contributed by atoms with van der Waals surface area (Å²) in [5.74, 6) is 0. The second-order valence-corrected chi connectivity index (χ2v) is 7.91. The number of benzene rings is 1. The number of hydrogen-bond donors (Lipinski definition) is 2. The van der Waals surface area contributed by atoms with Crippen molar-refractivity contribution in [3.8, 4) is 0 Å². The third-order valence-electron chi connectivity index (χ3n) is 2.78. The molecule has 2 aromatic rings. The van der Waals surface area contributed by atoms with Gasteiger partial charge < -0.3 is 5.73 Å². The van der Waals surface area contributed by atoms with Gasteiger partial charge >= 0.3 is 0 Å². The predicted molar refractivity (Wildman–Crippen MR) is 83.7 cm³/mol. The van der Waals surface area contributed by atoms with Gasteiger partial charge in [-0.1, -0.05) is 11.6 Å². The lowest BCUT2D eigenvalue weighted by Gasteiger charge is -2.14.